The molecule has 5 rings (SSSR count). The van der Waals surface area contributed by atoms with Crippen LogP contribution in [-0.2, 0) is 33.4 Å². The van der Waals surface area contributed by atoms with Crippen LogP contribution in [0.4, 0.5) is 0 Å². The van der Waals surface area contributed by atoms with Crippen molar-refractivity contribution in [2.24, 2.45) is 22.7 Å². The summed E-state index contributed by atoms with van der Waals surface area (Å²) in [4.78, 5) is 61.5. The van der Waals surface area contributed by atoms with Crippen molar-refractivity contribution in [3.8, 4) is 0 Å². The topological polar surface area (TPSA) is 146 Å². The molecule has 0 spiro atoms. The minimum Gasteiger partial charge on any atom is -0.459 e. The van der Waals surface area contributed by atoms with Crippen molar-refractivity contribution in [2.75, 3.05) is 0 Å². The summed E-state index contributed by atoms with van der Waals surface area (Å²) in [6, 6.07) is 3.16. The van der Waals surface area contributed by atoms with Gasteiger partial charge in [-0.05, 0) is 67.9 Å². The highest BCUT2D eigenvalue weighted by atomic mass is 16.6. The van der Waals surface area contributed by atoms with Crippen molar-refractivity contribution in [1.29, 1.82) is 0 Å². The molecule has 0 aliphatic heterocycles. The molecule has 0 unspecified atom stereocenters. The average Bonchev–Trinajstić information content (AvgIpc) is 3.15. The number of aliphatic hydroxyl groups is 1. The Bertz CT molecular complexity index is 1250. The van der Waals surface area contributed by atoms with E-state index in [0.717, 1.165) is 11.8 Å². The molecule has 10 nitrogen and oxygen atoms in total. The summed E-state index contributed by atoms with van der Waals surface area (Å²) >= 11 is 0. The monoisotopic (exact) mass is 558 g/mol. The van der Waals surface area contributed by atoms with E-state index in [-0.39, 0.29) is 30.6 Å². The van der Waals surface area contributed by atoms with Crippen molar-refractivity contribution < 1.29 is 42.9 Å². The molecular weight excluding hydrogens is 520 g/mol. The van der Waals surface area contributed by atoms with E-state index in [0.29, 0.717) is 38.5 Å². The molecule has 4 aliphatic rings. The molecule has 1 aromatic rings. The van der Waals surface area contributed by atoms with E-state index in [4.69, 9.17) is 18.6 Å². The van der Waals surface area contributed by atoms with Gasteiger partial charge in [0.05, 0.1) is 17.3 Å². The molecule has 0 saturated heterocycles. The van der Waals surface area contributed by atoms with Gasteiger partial charge in [0.15, 0.2) is 0 Å². The van der Waals surface area contributed by atoms with E-state index >= 15 is 0 Å². The van der Waals surface area contributed by atoms with E-state index in [9.17, 15) is 29.1 Å². The molecule has 0 amide bonds. The third-order valence-corrected chi connectivity index (χ3v) is 10.8. The minimum atomic E-state index is -1.27. The van der Waals surface area contributed by atoms with Crippen molar-refractivity contribution in [1.82, 2.24) is 0 Å². The van der Waals surface area contributed by atoms with Gasteiger partial charge in [-0.2, -0.15) is 0 Å². The van der Waals surface area contributed by atoms with E-state index in [1.807, 2.05) is 0 Å². The lowest BCUT2D eigenvalue weighted by Gasteiger charge is -2.66. The average molecular weight is 559 g/mol. The molecule has 0 aromatic carbocycles. The van der Waals surface area contributed by atoms with Crippen molar-refractivity contribution >= 4 is 24.2 Å². The third kappa shape index (κ3) is 4.13. The van der Waals surface area contributed by atoms with Gasteiger partial charge in [-0.15, -0.1) is 0 Å². The quantitative estimate of drug-likeness (QED) is 0.325. The molecule has 218 valence electrons. The second-order valence-electron chi connectivity index (χ2n) is 12.6. The molecule has 4 aliphatic carbocycles. The Morgan fingerprint density at radius 1 is 0.925 bits per heavy atom. The molecule has 9 atom stereocenters. The number of carbonyl (C=O) groups is 4. The Morgan fingerprint density at radius 2 is 1.57 bits per heavy atom. The van der Waals surface area contributed by atoms with Gasteiger partial charge in [0, 0.05) is 45.1 Å². The van der Waals surface area contributed by atoms with Crippen LogP contribution in [0.5, 0.6) is 0 Å². The third-order valence-electron chi connectivity index (χ3n) is 10.8. The molecule has 40 heavy (non-hydrogen) atoms. The summed E-state index contributed by atoms with van der Waals surface area (Å²) < 4.78 is 22.4. The van der Waals surface area contributed by atoms with Gasteiger partial charge in [0.2, 0.25) is 0 Å². The largest absolute Gasteiger partial charge is 0.459 e. The van der Waals surface area contributed by atoms with Gasteiger partial charge < -0.3 is 28.5 Å². The fourth-order valence-electron chi connectivity index (χ4n) is 9.29. The zero-order chi connectivity index (χ0) is 29.1. The lowest BCUT2D eigenvalue weighted by atomic mass is 9.41. The Hall–Kier alpha value is -3.01. The highest BCUT2D eigenvalue weighted by Crippen LogP contribution is 2.71. The van der Waals surface area contributed by atoms with Crippen LogP contribution in [0.3, 0.4) is 0 Å². The second kappa shape index (κ2) is 9.82. The van der Waals surface area contributed by atoms with Crippen LogP contribution >= 0.6 is 0 Å². The van der Waals surface area contributed by atoms with Crippen LogP contribution < -0.4 is 5.63 Å². The minimum absolute atomic E-state index is 0.0164. The van der Waals surface area contributed by atoms with Crippen LogP contribution in [0.2, 0.25) is 0 Å². The molecule has 0 radical (unpaired) electrons. The van der Waals surface area contributed by atoms with Crippen LogP contribution in [0, 0.1) is 22.7 Å². The molecule has 4 saturated carbocycles. The predicted octanol–water partition coefficient (Wildman–Crippen LogP) is 3.22. The number of carbonyl (C=O) groups excluding carboxylic acids is 4. The van der Waals surface area contributed by atoms with Gasteiger partial charge in [-0.25, -0.2) is 4.79 Å². The zero-order valence-electron chi connectivity index (χ0n) is 23.5. The number of ether oxygens (including phenoxy) is 3. The van der Waals surface area contributed by atoms with E-state index in [2.05, 4.69) is 6.92 Å². The fraction of sp³-hybridized carbons (Fsp3) is 0.700. The van der Waals surface area contributed by atoms with Crippen molar-refractivity contribution in [3.05, 3.63) is 34.4 Å². The highest BCUT2D eigenvalue weighted by molar-refractivity contribution is 5.71. The summed E-state index contributed by atoms with van der Waals surface area (Å²) in [6.45, 7) is 5.89. The standard InChI is InChI=1S/C30H38O10/c1-17(32)38-24-13-28(16-31)22-7-10-27(4)21(20-5-6-26(35)37-15-20)9-12-30(27,36)23(22)8-11-29(28,40-19(3)34)14-25(24)39-18(2)33/h5-6,15-16,21-25,36H,7-14H2,1-4H3/t21-,22+,23-,24+,25-,27-,28+,29+,30+/m1/s1. The summed E-state index contributed by atoms with van der Waals surface area (Å²) in [5.41, 5.74) is -3.76. The molecule has 0 bridgehead atoms. The molecule has 1 N–H and O–H groups in total. The number of hydrogen-bond donors (Lipinski definition) is 1. The number of fused-ring (bicyclic) bond motifs is 5. The first-order chi connectivity index (χ1) is 18.8. The summed E-state index contributed by atoms with van der Waals surface area (Å²) in [5, 5.41) is 12.5. The highest BCUT2D eigenvalue weighted by Gasteiger charge is 2.74. The van der Waals surface area contributed by atoms with E-state index in [1.165, 1.54) is 33.1 Å². The molecule has 4 fully saturated rings. The van der Waals surface area contributed by atoms with E-state index < -0.39 is 57.8 Å². The van der Waals surface area contributed by atoms with Gasteiger partial charge in [0.1, 0.15) is 24.1 Å². The van der Waals surface area contributed by atoms with Crippen LogP contribution in [0.1, 0.15) is 90.5 Å². The Kier molecular flexibility index (Phi) is 7.00. The van der Waals surface area contributed by atoms with Gasteiger partial charge >= 0.3 is 23.5 Å². The molecule has 1 aromatic heterocycles. The zero-order valence-corrected chi connectivity index (χ0v) is 23.5. The maximum absolute atomic E-state index is 13.3. The summed E-state index contributed by atoms with van der Waals surface area (Å²) in [6.07, 6.45) is 3.73. The molecule has 10 heteroatoms. The lowest BCUT2D eigenvalue weighted by Crippen LogP contribution is -2.71. The Balaban J connectivity index is 1.57. The molecule has 1 heterocycles. The SMILES string of the molecule is CC(=O)O[C@H]1C[C@]2(C=O)[C@H]3CC[C@]4(C)[C@@H](c5ccc(=O)oc5)CC[C@]4(O)[C@@H]3CC[C@]2(OC(C)=O)C[C@H]1OC(C)=O. The number of rotatable bonds is 5. The predicted molar refractivity (Wildman–Crippen MR) is 139 cm³/mol. The Morgan fingerprint density at radius 3 is 2.15 bits per heavy atom. The number of aldehydes is 1. The first-order valence-electron chi connectivity index (χ1n) is 14.1. The van der Waals surface area contributed by atoms with Gasteiger partial charge in [0.25, 0.3) is 0 Å². The number of esters is 3. The van der Waals surface area contributed by atoms with Crippen LogP contribution in [0.15, 0.2) is 27.6 Å². The lowest BCUT2D eigenvalue weighted by molar-refractivity contribution is -0.269. The summed E-state index contributed by atoms with van der Waals surface area (Å²) in [5.74, 6) is -2.38. The maximum Gasteiger partial charge on any atom is 0.335 e. The van der Waals surface area contributed by atoms with E-state index in [1.54, 1.807) is 6.07 Å². The molecular formula is C30H38O10. The first-order valence-corrected chi connectivity index (χ1v) is 14.1. The fourth-order valence-corrected chi connectivity index (χ4v) is 9.29. The Labute approximate surface area is 232 Å². The first kappa shape index (κ1) is 28.5. The van der Waals surface area contributed by atoms with Crippen molar-refractivity contribution in [3.63, 3.8) is 0 Å². The van der Waals surface area contributed by atoms with Crippen molar-refractivity contribution in [2.45, 2.75) is 108 Å². The van der Waals surface area contributed by atoms with Crippen LogP contribution in [0.25, 0.3) is 0 Å². The maximum atomic E-state index is 13.3. The summed E-state index contributed by atoms with van der Waals surface area (Å²) in [7, 11) is 0. The normalized spacial score (nSPS) is 42.0. The van der Waals surface area contributed by atoms with Crippen LogP contribution in [-0.4, -0.2) is 52.7 Å². The van der Waals surface area contributed by atoms with Gasteiger partial charge in [-0.1, -0.05) is 6.92 Å². The van der Waals surface area contributed by atoms with Gasteiger partial charge in [-0.3, -0.25) is 14.4 Å². The smallest absolute Gasteiger partial charge is 0.335 e. The number of hydrogen-bond acceptors (Lipinski definition) is 10. The second-order valence-corrected chi connectivity index (χ2v) is 12.6.